The van der Waals surface area contributed by atoms with E-state index in [9.17, 15) is 17.8 Å². The van der Waals surface area contributed by atoms with Crippen molar-refractivity contribution in [3.05, 3.63) is 51.2 Å². The largest absolute Gasteiger partial charge is 0.292 e. The predicted molar refractivity (Wildman–Crippen MR) is 75.9 cm³/mol. The lowest BCUT2D eigenvalue weighted by molar-refractivity contribution is 0.0996. The molecule has 0 N–H and O–H groups in total. The number of halogens is 3. The molecule has 0 saturated carbocycles. The molecule has 20 heavy (non-hydrogen) atoms. The summed E-state index contributed by atoms with van der Waals surface area (Å²) in [7, 11) is -1.90. The number of ketones is 1. The number of Topliss-reactive ketones (excluding diaryl/α,β-unsaturated/α-hetero) is 1. The molecule has 2 nitrogen and oxygen atoms in total. The molecule has 0 fully saturated rings. The third-order valence-corrected chi connectivity index (χ3v) is 5.48. The Bertz CT molecular complexity index is 685. The van der Waals surface area contributed by atoms with Crippen molar-refractivity contribution in [1.29, 1.82) is 0 Å². The quantitative estimate of drug-likeness (QED) is 0.790. The van der Waals surface area contributed by atoms with Crippen LogP contribution < -0.4 is 0 Å². The van der Waals surface area contributed by atoms with Gasteiger partial charge in [-0.05, 0) is 31.2 Å². The minimum absolute atomic E-state index is 0.185. The van der Waals surface area contributed by atoms with Crippen molar-refractivity contribution in [2.45, 2.75) is 17.1 Å². The van der Waals surface area contributed by atoms with Crippen molar-refractivity contribution in [3.8, 4) is 0 Å². The van der Waals surface area contributed by atoms with Crippen LogP contribution in [0.25, 0.3) is 0 Å². The van der Waals surface area contributed by atoms with Gasteiger partial charge in [0.05, 0.1) is 24.9 Å². The van der Waals surface area contributed by atoms with Gasteiger partial charge in [-0.15, -0.1) is 11.3 Å². The van der Waals surface area contributed by atoms with Gasteiger partial charge >= 0.3 is 0 Å². The SMILES string of the molecule is CC(C(=O)c1ccc(Cl)s1)S(=O)c1ccc(F)cc1F. The van der Waals surface area contributed by atoms with E-state index in [1.54, 1.807) is 6.07 Å². The van der Waals surface area contributed by atoms with Crippen LogP contribution in [0.5, 0.6) is 0 Å². The second-order valence-electron chi connectivity index (χ2n) is 3.98. The summed E-state index contributed by atoms with van der Waals surface area (Å²) in [6.07, 6.45) is 0. The first-order valence-electron chi connectivity index (χ1n) is 5.55. The summed E-state index contributed by atoms with van der Waals surface area (Å²) in [5.74, 6) is -2.07. The van der Waals surface area contributed by atoms with E-state index in [1.165, 1.54) is 13.0 Å². The zero-order valence-corrected chi connectivity index (χ0v) is 12.6. The van der Waals surface area contributed by atoms with Gasteiger partial charge in [-0.3, -0.25) is 9.00 Å². The van der Waals surface area contributed by atoms with Crippen LogP contribution in [-0.4, -0.2) is 15.2 Å². The fourth-order valence-electron chi connectivity index (χ4n) is 1.57. The Balaban J connectivity index is 2.26. The maximum atomic E-state index is 13.6. The van der Waals surface area contributed by atoms with Crippen molar-refractivity contribution in [1.82, 2.24) is 0 Å². The first-order chi connectivity index (χ1) is 9.40. The number of hydrogen-bond donors (Lipinski definition) is 0. The molecule has 0 aliphatic rings. The van der Waals surface area contributed by atoms with Crippen LogP contribution in [0.3, 0.4) is 0 Å². The highest BCUT2D eigenvalue weighted by atomic mass is 35.5. The van der Waals surface area contributed by atoms with E-state index in [4.69, 9.17) is 11.6 Å². The molecule has 0 amide bonds. The monoisotopic (exact) mass is 334 g/mol. The van der Waals surface area contributed by atoms with E-state index >= 15 is 0 Å². The Kier molecular flexibility index (Phi) is 4.67. The molecule has 2 atom stereocenters. The average molecular weight is 335 g/mol. The fraction of sp³-hybridized carbons (Fsp3) is 0.154. The maximum Gasteiger partial charge on any atom is 0.188 e. The Morgan fingerprint density at radius 2 is 2.00 bits per heavy atom. The summed E-state index contributed by atoms with van der Waals surface area (Å²) in [5, 5.41) is -0.940. The van der Waals surface area contributed by atoms with Gasteiger partial charge in [0, 0.05) is 6.07 Å². The zero-order chi connectivity index (χ0) is 14.9. The predicted octanol–water partition coefficient (Wildman–Crippen LogP) is 4.06. The van der Waals surface area contributed by atoms with Crippen molar-refractivity contribution in [2.75, 3.05) is 0 Å². The van der Waals surface area contributed by atoms with Crippen LogP contribution in [0.1, 0.15) is 16.6 Å². The number of thiophene rings is 1. The van der Waals surface area contributed by atoms with Crippen LogP contribution in [0.15, 0.2) is 35.2 Å². The Labute approximate surface area is 125 Å². The molecule has 0 radical (unpaired) electrons. The normalized spacial score (nSPS) is 14.0. The van der Waals surface area contributed by atoms with Crippen LogP contribution in [0.4, 0.5) is 8.78 Å². The van der Waals surface area contributed by atoms with Gasteiger partial charge < -0.3 is 0 Å². The fourth-order valence-corrected chi connectivity index (χ4v) is 3.88. The minimum atomic E-state index is -1.90. The molecule has 2 rings (SSSR count). The molecule has 0 saturated heterocycles. The summed E-state index contributed by atoms with van der Waals surface area (Å²) >= 11 is 6.81. The smallest absolute Gasteiger partial charge is 0.188 e. The van der Waals surface area contributed by atoms with E-state index in [1.807, 2.05) is 0 Å². The maximum absolute atomic E-state index is 13.6. The van der Waals surface area contributed by atoms with Crippen LogP contribution in [0, 0.1) is 11.6 Å². The van der Waals surface area contributed by atoms with Gasteiger partial charge in [-0.2, -0.15) is 0 Å². The van der Waals surface area contributed by atoms with Crippen molar-refractivity contribution < 1.29 is 17.8 Å². The molecule has 1 heterocycles. The highest BCUT2D eigenvalue weighted by Crippen LogP contribution is 2.25. The first-order valence-corrected chi connectivity index (χ1v) is 7.96. The molecule has 2 aromatic rings. The number of benzene rings is 1. The summed E-state index contributed by atoms with van der Waals surface area (Å²) in [6, 6.07) is 5.84. The van der Waals surface area contributed by atoms with Crippen LogP contribution in [-0.2, 0) is 10.8 Å². The lowest BCUT2D eigenvalue weighted by Crippen LogP contribution is -2.22. The van der Waals surface area contributed by atoms with E-state index in [0.717, 1.165) is 23.5 Å². The van der Waals surface area contributed by atoms with E-state index in [0.29, 0.717) is 15.3 Å². The third-order valence-electron chi connectivity index (χ3n) is 2.62. The Morgan fingerprint density at radius 3 is 2.55 bits per heavy atom. The van der Waals surface area contributed by atoms with Crippen molar-refractivity contribution in [3.63, 3.8) is 0 Å². The highest BCUT2D eigenvalue weighted by Gasteiger charge is 2.26. The molecule has 1 aromatic carbocycles. The second-order valence-corrected chi connectivity index (χ2v) is 7.44. The van der Waals surface area contributed by atoms with Crippen LogP contribution in [0.2, 0.25) is 4.34 Å². The summed E-state index contributed by atoms with van der Waals surface area (Å²) in [6.45, 7) is 1.44. The van der Waals surface area contributed by atoms with Gasteiger partial charge in [0.15, 0.2) is 5.78 Å². The molecule has 106 valence electrons. The molecular formula is C13H9ClF2O2S2. The summed E-state index contributed by atoms with van der Waals surface area (Å²) < 4.78 is 39.0. The van der Waals surface area contributed by atoms with Gasteiger partial charge in [0.2, 0.25) is 0 Å². The molecule has 0 spiro atoms. The number of hydrogen-bond acceptors (Lipinski definition) is 3. The second kappa shape index (κ2) is 6.11. The lowest BCUT2D eigenvalue weighted by atomic mass is 10.2. The van der Waals surface area contributed by atoms with Crippen molar-refractivity contribution >= 4 is 39.5 Å². The van der Waals surface area contributed by atoms with Gasteiger partial charge in [0.1, 0.15) is 16.9 Å². The topological polar surface area (TPSA) is 34.1 Å². The van der Waals surface area contributed by atoms with Crippen LogP contribution >= 0.6 is 22.9 Å². The first kappa shape index (κ1) is 15.3. The third kappa shape index (κ3) is 3.13. The number of carbonyl (C=O) groups is 1. The highest BCUT2D eigenvalue weighted by molar-refractivity contribution is 7.86. The average Bonchev–Trinajstić information content (AvgIpc) is 2.83. The molecule has 0 aliphatic heterocycles. The van der Waals surface area contributed by atoms with Crippen molar-refractivity contribution in [2.24, 2.45) is 0 Å². The lowest BCUT2D eigenvalue weighted by Gasteiger charge is -2.10. The zero-order valence-electron chi connectivity index (χ0n) is 10.2. The number of rotatable bonds is 4. The molecule has 7 heteroatoms. The number of carbonyl (C=O) groups excluding carboxylic acids is 1. The van der Waals surface area contributed by atoms with E-state index < -0.39 is 27.7 Å². The molecule has 0 bridgehead atoms. The molecule has 2 unspecified atom stereocenters. The summed E-state index contributed by atoms with van der Waals surface area (Å²) in [4.78, 5) is 12.3. The van der Waals surface area contributed by atoms with Gasteiger partial charge in [-0.25, -0.2) is 8.78 Å². The molecule has 1 aromatic heterocycles. The Morgan fingerprint density at radius 1 is 1.30 bits per heavy atom. The van der Waals surface area contributed by atoms with Gasteiger partial charge in [-0.1, -0.05) is 11.6 Å². The minimum Gasteiger partial charge on any atom is -0.292 e. The standard InChI is InChI=1S/C13H9ClF2O2S2/c1-7(13(17)10-3-5-12(14)19-10)20(18)11-4-2-8(15)6-9(11)16/h2-7H,1H3. The molecule has 0 aliphatic carbocycles. The molecular weight excluding hydrogens is 326 g/mol. The van der Waals surface area contributed by atoms with E-state index in [-0.39, 0.29) is 10.7 Å². The van der Waals surface area contributed by atoms with Gasteiger partial charge in [0.25, 0.3) is 0 Å². The van der Waals surface area contributed by atoms with E-state index in [2.05, 4.69) is 0 Å². The Hall–Kier alpha value is -1.11. The summed E-state index contributed by atoms with van der Waals surface area (Å²) in [5.41, 5.74) is 0.